The van der Waals surface area contributed by atoms with Gasteiger partial charge in [0, 0.05) is 26.7 Å². The zero-order chi connectivity index (χ0) is 10.8. The van der Waals surface area contributed by atoms with Crippen LogP contribution in [0.15, 0.2) is 27.4 Å². The molecule has 0 radical (unpaired) electrons. The lowest BCUT2D eigenvalue weighted by molar-refractivity contribution is 0.739. The highest BCUT2D eigenvalue weighted by atomic mass is 79.9. The molecule has 0 spiro atoms. The second kappa shape index (κ2) is 4.78. The SMILES string of the molecule is Cc1ccsc1C(N)Cc1sccc1Br. The van der Waals surface area contributed by atoms with Crippen LogP contribution in [0.2, 0.25) is 0 Å². The summed E-state index contributed by atoms with van der Waals surface area (Å²) < 4.78 is 1.18. The maximum atomic E-state index is 6.20. The van der Waals surface area contributed by atoms with Crippen LogP contribution in [-0.4, -0.2) is 0 Å². The molecule has 2 N–H and O–H groups in total. The first-order valence-electron chi connectivity index (χ1n) is 4.70. The van der Waals surface area contributed by atoms with Gasteiger partial charge in [0.1, 0.15) is 0 Å². The molecule has 2 aromatic rings. The molecule has 0 amide bonds. The van der Waals surface area contributed by atoms with Crippen molar-refractivity contribution in [3.63, 3.8) is 0 Å². The van der Waals surface area contributed by atoms with E-state index in [1.54, 1.807) is 22.7 Å². The summed E-state index contributed by atoms with van der Waals surface area (Å²) in [5.74, 6) is 0. The third-order valence-electron chi connectivity index (χ3n) is 2.33. The van der Waals surface area contributed by atoms with Crippen molar-refractivity contribution in [3.8, 4) is 0 Å². The lowest BCUT2D eigenvalue weighted by Gasteiger charge is -2.10. The van der Waals surface area contributed by atoms with E-state index in [9.17, 15) is 0 Å². The van der Waals surface area contributed by atoms with Crippen molar-refractivity contribution in [1.29, 1.82) is 0 Å². The Balaban J connectivity index is 2.14. The highest BCUT2D eigenvalue weighted by Gasteiger charge is 2.13. The third-order valence-corrected chi connectivity index (χ3v) is 5.43. The Morgan fingerprint density at radius 1 is 1.33 bits per heavy atom. The Kier molecular flexibility index (Phi) is 3.61. The maximum Gasteiger partial charge on any atom is 0.0441 e. The molecule has 0 bridgehead atoms. The summed E-state index contributed by atoms with van der Waals surface area (Å²) in [6, 6.07) is 4.33. The molecule has 0 aromatic carbocycles. The molecule has 15 heavy (non-hydrogen) atoms. The third kappa shape index (κ3) is 2.50. The highest BCUT2D eigenvalue weighted by molar-refractivity contribution is 9.10. The Morgan fingerprint density at radius 3 is 2.60 bits per heavy atom. The summed E-state index contributed by atoms with van der Waals surface area (Å²) >= 11 is 7.04. The lowest BCUT2D eigenvalue weighted by Crippen LogP contribution is -2.12. The quantitative estimate of drug-likeness (QED) is 0.906. The molecule has 1 unspecified atom stereocenters. The molecular weight excluding hydrogens is 290 g/mol. The topological polar surface area (TPSA) is 26.0 Å². The Morgan fingerprint density at radius 2 is 2.07 bits per heavy atom. The summed E-state index contributed by atoms with van der Waals surface area (Å²) in [5, 5.41) is 4.20. The van der Waals surface area contributed by atoms with Crippen molar-refractivity contribution < 1.29 is 0 Å². The highest BCUT2D eigenvalue weighted by Crippen LogP contribution is 2.30. The zero-order valence-corrected chi connectivity index (χ0v) is 11.6. The molecule has 1 nitrogen and oxygen atoms in total. The predicted octanol–water partition coefficient (Wildman–Crippen LogP) is 4.12. The van der Waals surface area contributed by atoms with Crippen LogP contribution in [0.25, 0.3) is 0 Å². The fraction of sp³-hybridized carbons (Fsp3) is 0.273. The zero-order valence-electron chi connectivity index (χ0n) is 8.37. The van der Waals surface area contributed by atoms with Gasteiger partial charge in [-0.15, -0.1) is 22.7 Å². The van der Waals surface area contributed by atoms with E-state index in [2.05, 4.69) is 45.7 Å². The first-order valence-corrected chi connectivity index (χ1v) is 7.25. The van der Waals surface area contributed by atoms with Gasteiger partial charge in [0.25, 0.3) is 0 Å². The van der Waals surface area contributed by atoms with Crippen LogP contribution in [0.5, 0.6) is 0 Å². The minimum Gasteiger partial charge on any atom is -0.323 e. The van der Waals surface area contributed by atoms with E-state index in [-0.39, 0.29) is 6.04 Å². The molecular formula is C11H12BrNS2. The van der Waals surface area contributed by atoms with Crippen molar-refractivity contribution >= 4 is 38.6 Å². The van der Waals surface area contributed by atoms with Gasteiger partial charge in [-0.25, -0.2) is 0 Å². The van der Waals surface area contributed by atoms with Gasteiger partial charge in [-0.1, -0.05) is 0 Å². The molecule has 0 aliphatic heterocycles. The number of rotatable bonds is 3. The maximum absolute atomic E-state index is 6.20. The standard InChI is InChI=1S/C11H12BrNS2/c1-7-2-4-15-11(7)9(13)6-10-8(12)3-5-14-10/h2-5,9H,6,13H2,1H3. The van der Waals surface area contributed by atoms with Crippen LogP contribution in [0.4, 0.5) is 0 Å². The number of hydrogen-bond donors (Lipinski definition) is 1. The predicted molar refractivity (Wildman–Crippen MR) is 71.7 cm³/mol. The average molecular weight is 302 g/mol. The minimum absolute atomic E-state index is 0.125. The van der Waals surface area contributed by atoms with Crippen LogP contribution in [0.1, 0.15) is 21.4 Å². The second-order valence-corrected chi connectivity index (χ2v) is 6.27. The number of nitrogens with two attached hydrogens (primary N) is 1. The van der Waals surface area contributed by atoms with Gasteiger partial charge in [0.2, 0.25) is 0 Å². The van der Waals surface area contributed by atoms with Crippen LogP contribution < -0.4 is 5.73 Å². The number of thiophene rings is 2. The van der Waals surface area contributed by atoms with Gasteiger partial charge in [0.15, 0.2) is 0 Å². The van der Waals surface area contributed by atoms with E-state index in [1.807, 2.05) is 0 Å². The number of halogens is 1. The number of hydrogen-bond acceptors (Lipinski definition) is 3. The van der Waals surface area contributed by atoms with Crippen molar-refractivity contribution in [2.75, 3.05) is 0 Å². The minimum atomic E-state index is 0.125. The average Bonchev–Trinajstić information content (AvgIpc) is 2.76. The monoisotopic (exact) mass is 301 g/mol. The Labute approximate surface area is 106 Å². The van der Waals surface area contributed by atoms with Crippen molar-refractivity contribution in [2.24, 2.45) is 5.73 Å². The van der Waals surface area contributed by atoms with Gasteiger partial charge in [0.05, 0.1) is 0 Å². The van der Waals surface area contributed by atoms with Crippen LogP contribution in [0, 0.1) is 6.92 Å². The van der Waals surface area contributed by atoms with E-state index in [0.717, 1.165) is 6.42 Å². The van der Waals surface area contributed by atoms with Gasteiger partial charge in [-0.2, -0.15) is 0 Å². The Bertz CT molecular complexity index is 447. The van der Waals surface area contributed by atoms with Crippen molar-refractivity contribution in [3.05, 3.63) is 42.7 Å². The molecule has 2 heterocycles. The lowest BCUT2D eigenvalue weighted by atomic mass is 10.1. The smallest absolute Gasteiger partial charge is 0.0441 e. The fourth-order valence-electron chi connectivity index (χ4n) is 1.53. The normalized spacial score (nSPS) is 13.0. The molecule has 0 fully saturated rings. The van der Waals surface area contributed by atoms with Gasteiger partial charge >= 0.3 is 0 Å². The van der Waals surface area contributed by atoms with Crippen LogP contribution in [0.3, 0.4) is 0 Å². The van der Waals surface area contributed by atoms with Crippen LogP contribution >= 0.6 is 38.6 Å². The molecule has 2 aromatic heterocycles. The van der Waals surface area contributed by atoms with Gasteiger partial charge in [-0.05, 0) is 51.3 Å². The molecule has 0 aliphatic carbocycles. The summed E-state index contributed by atoms with van der Waals surface area (Å²) in [7, 11) is 0. The fourth-order valence-corrected chi connectivity index (χ4v) is 4.03. The van der Waals surface area contributed by atoms with Crippen LogP contribution in [-0.2, 0) is 6.42 Å². The first-order chi connectivity index (χ1) is 7.18. The molecule has 0 saturated heterocycles. The van der Waals surface area contributed by atoms with Gasteiger partial charge in [-0.3, -0.25) is 0 Å². The molecule has 0 saturated carbocycles. The molecule has 1 atom stereocenters. The number of aryl methyl sites for hydroxylation is 1. The summed E-state index contributed by atoms with van der Waals surface area (Å²) in [4.78, 5) is 2.63. The second-order valence-electron chi connectivity index (χ2n) is 3.47. The Hall–Kier alpha value is -0.160. The van der Waals surface area contributed by atoms with Crippen molar-refractivity contribution in [1.82, 2.24) is 0 Å². The molecule has 4 heteroatoms. The van der Waals surface area contributed by atoms with Crippen molar-refractivity contribution in [2.45, 2.75) is 19.4 Å². The molecule has 80 valence electrons. The molecule has 0 aliphatic rings. The molecule has 2 rings (SSSR count). The van der Waals surface area contributed by atoms with E-state index in [4.69, 9.17) is 5.73 Å². The summed E-state index contributed by atoms with van der Waals surface area (Å²) in [5.41, 5.74) is 7.50. The van der Waals surface area contributed by atoms with Gasteiger partial charge < -0.3 is 5.73 Å². The summed E-state index contributed by atoms with van der Waals surface area (Å²) in [6.07, 6.45) is 0.916. The largest absolute Gasteiger partial charge is 0.323 e. The van der Waals surface area contributed by atoms with E-state index >= 15 is 0 Å². The first kappa shape index (κ1) is 11.3. The van der Waals surface area contributed by atoms with E-state index in [0.29, 0.717) is 0 Å². The summed E-state index contributed by atoms with van der Waals surface area (Å²) in [6.45, 7) is 2.12. The van der Waals surface area contributed by atoms with E-state index in [1.165, 1.54) is 19.8 Å². The van der Waals surface area contributed by atoms with E-state index < -0.39 is 0 Å².